The highest BCUT2D eigenvalue weighted by molar-refractivity contribution is 6.05. The number of aromatic nitrogens is 3. The third kappa shape index (κ3) is 2.60. The fourth-order valence-corrected chi connectivity index (χ4v) is 1.40. The monoisotopic (exact) mass is 264 g/mol. The molecule has 2 heterocycles. The number of amides is 1. The van der Waals surface area contributed by atoms with Crippen LogP contribution in [0.4, 0.5) is 5.69 Å². The summed E-state index contributed by atoms with van der Waals surface area (Å²) in [6, 6.07) is 2.48. The number of rotatable bonds is 2. The lowest BCUT2D eigenvalue weighted by molar-refractivity contribution is 0.102. The normalized spacial score (nSPS) is 10.1. The van der Waals surface area contributed by atoms with E-state index in [0.717, 1.165) is 6.07 Å². The molecule has 1 amide bonds. The van der Waals surface area contributed by atoms with Crippen molar-refractivity contribution in [2.24, 2.45) is 0 Å². The zero-order chi connectivity index (χ0) is 14.0. The van der Waals surface area contributed by atoms with E-state index in [1.165, 1.54) is 12.3 Å². The van der Waals surface area contributed by atoms with Gasteiger partial charge in [0.05, 0.1) is 0 Å². The van der Waals surface area contributed by atoms with E-state index in [4.69, 9.17) is 0 Å². The Balaban J connectivity index is 2.39. The molecule has 9 nitrogen and oxygen atoms in total. The molecule has 0 atom stereocenters. The molecule has 0 aliphatic rings. The highest BCUT2D eigenvalue weighted by atomic mass is 16.3. The topological polar surface area (TPSA) is 148 Å². The van der Waals surface area contributed by atoms with Crippen molar-refractivity contribution in [3.63, 3.8) is 0 Å². The van der Waals surface area contributed by atoms with Crippen molar-refractivity contribution in [3.05, 3.63) is 55.1 Å². The largest absolute Gasteiger partial charge is 0.494 e. The van der Waals surface area contributed by atoms with Gasteiger partial charge in [0.25, 0.3) is 11.5 Å². The maximum atomic E-state index is 11.8. The lowest BCUT2D eigenvalue weighted by Crippen LogP contribution is -2.30. The lowest BCUT2D eigenvalue weighted by atomic mass is 10.3. The van der Waals surface area contributed by atoms with Crippen LogP contribution in [0.3, 0.4) is 0 Å². The Morgan fingerprint density at radius 1 is 1.21 bits per heavy atom. The van der Waals surface area contributed by atoms with Gasteiger partial charge in [0.15, 0.2) is 5.56 Å². The number of anilines is 1. The number of hydrogen-bond acceptors (Lipinski definition) is 5. The molecule has 0 aliphatic heterocycles. The summed E-state index contributed by atoms with van der Waals surface area (Å²) in [5, 5.41) is 11.6. The lowest BCUT2D eigenvalue weighted by Gasteiger charge is -2.04. The van der Waals surface area contributed by atoms with E-state index >= 15 is 0 Å². The second-order valence-electron chi connectivity index (χ2n) is 3.53. The molecule has 0 fully saturated rings. The predicted molar refractivity (Wildman–Crippen MR) is 64.4 cm³/mol. The number of hydrogen-bond donors (Lipinski definition) is 5. The minimum absolute atomic E-state index is 0.138. The quantitative estimate of drug-likeness (QED) is 0.457. The highest BCUT2D eigenvalue weighted by Crippen LogP contribution is 2.08. The second kappa shape index (κ2) is 4.64. The van der Waals surface area contributed by atoms with Crippen LogP contribution in [-0.2, 0) is 0 Å². The Bertz CT molecular complexity index is 800. The van der Waals surface area contributed by atoms with E-state index in [1.54, 1.807) is 4.98 Å². The number of carbonyl (C=O) groups excluding carboxylic acids is 1. The summed E-state index contributed by atoms with van der Waals surface area (Å²) < 4.78 is 0. The number of carbonyl (C=O) groups is 1. The van der Waals surface area contributed by atoms with Crippen molar-refractivity contribution < 1.29 is 9.90 Å². The summed E-state index contributed by atoms with van der Waals surface area (Å²) in [6.07, 6.45) is 1.30. The van der Waals surface area contributed by atoms with E-state index in [2.05, 4.69) is 10.3 Å². The number of nitrogens with one attached hydrogen (secondary N) is 4. The Hall–Kier alpha value is -3.10. The first-order valence-electron chi connectivity index (χ1n) is 5.03. The Morgan fingerprint density at radius 3 is 2.58 bits per heavy atom. The minimum Gasteiger partial charge on any atom is -0.494 e. The maximum absolute atomic E-state index is 11.8. The average Bonchev–Trinajstić information content (AvgIpc) is 2.27. The summed E-state index contributed by atoms with van der Waals surface area (Å²) >= 11 is 0. The molecule has 0 bridgehead atoms. The van der Waals surface area contributed by atoms with Crippen LogP contribution in [0.2, 0.25) is 0 Å². The molecule has 0 aromatic carbocycles. The summed E-state index contributed by atoms with van der Waals surface area (Å²) in [7, 11) is 0. The van der Waals surface area contributed by atoms with Crippen molar-refractivity contribution >= 4 is 11.6 Å². The molecule has 0 unspecified atom stereocenters. The summed E-state index contributed by atoms with van der Waals surface area (Å²) in [6.45, 7) is 0. The standard InChI is InChI=1S/C10H8N4O5/c15-5-3-4(1-2-11-5)12-7(16)6-8(17)13-10(19)14-9(6)18/h1-3H,(H2,11,12,15,16)(H3,13,14,17,18,19). The van der Waals surface area contributed by atoms with E-state index in [9.17, 15) is 24.3 Å². The fraction of sp³-hybridized carbons (Fsp3) is 0. The van der Waals surface area contributed by atoms with Gasteiger partial charge in [-0.1, -0.05) is 0 Å². The van der Waals surface area contributed by atoms with Crippen LogP contribution in [0.15, 0.2) is 32.7 Å². The molecule has 0 saturated carbocycles. The van der Waals surface area contributed by atoms with Gasteiger partial charge in [-0.15, -0.1) is 0 Å². The first-order chi connectivity index (χ1) is 8.97. The van der Waals surface area contributed by atoms with Gasteiger partial charge in [0.2, 0.25) is 11.4 Å². The molecule has 98 valence electrons. The molecule has 2 rings (SSSR count). The van der Waals surface area contributed by atoms with Crippen molar-refractivity contribution in [1.29, 1.82) is 0 Å². The molecule has 0 spiro atoms. The highest BCUT2D eigenvalue weighted by Gasteiger charge is 2.17. The molecule has 0 saturated heterocycles. The number of H-pyrrole nitrogens is 3. The molecule has 0 aliphatic carbocycles. The number of aromatic amines is 3. The summed E-state index contributed by atoms with van der Waals surface area (Å²) in [5.41, 5.74) is -2.94. The first-order valence-corrected chi connectivity index (χ1v) is 5.03. The van der Waals surface area contributed by atoms with Gasteiger partial charge in [-0.3, -0.25) is 24.4 Å². The van der Waals surface area contributed by atoms with E-state index in [-0.39, 0.29) is 5.69 Å². The van der Waals surface area contributed by atoms with Crippen LogP contribution >= 0.6 is 0 Å². The van der Waals surface area contributed by atoms with Crippen molar-refractivity contribution in [1.82, 2.24) is 15.0 Å². The van der Waals surface area contributed by atoms with Gasteiger partial charge >= 0.3 is 5.69 Å². The first kappa shape index (κ1) is 12.4. The zero-order valence-electron chi connectivity index (χ0n) is 9.31. The van der Waals surface area contributed by atoms with Crippen LogP contribution in [0, 0.1) is 0 Å². The zero-order valence-corrected chi connectivity index (χ0v) is 9.31. The summed E-state index contributed by atoms with van der Waals surface area (Å²) in [5.74, 6) is -1.81. The van der Waals surface area contributed by atoms with Gasteiger partial charge in [-0.2, -0.15) is 0 Å². The molecule has 5 N–H and O–H groups in total. The third-order valence-electron chi connectivity index (χ3n) is 2.18. The van der Waals surface area contributed by atoms with Gasteiger partial charge < -0.3 is 15.4 Å². The smallest absolute Gasteiger partial charge is 0.328 e. The van der Waals surface area contributed by atoms with E-state index in [0.29, 0.717) is 0 Å². The molecule has 9 heteroatoms. The maximum Gasteiger partial charge on any atom is 0.328 e. The van der Waals surface area contributed by atoms with Gasteiger partial charge in [-0.25, -0.2) is 4.79 Å². The van der Waals surface area contributed by atoms with E-state index < -0.39 is 34.2 Å². The average molecular weight is 264 g/mol. The van der Waals surface area contributed by atoms with Gasteiger partial charge in [0, 0.05) is 18.0 Å². The number of aromatic hydroxyl groups is 1. The van der Waals surface area contributed by atoms with E-state index in [1.807, 2.05) is 4.98 Å². The van der Waals surface area contributed by atoms with Crippen LogP contribution in [0.1, 0.15) is 10.4 Å². The molecular formula is C10H8N4O5. The fourth-order valence-electron chi connectivity index (χ4n) is 1.40. The number of pyridine rings is 1. The van der Waals surface area contributed by atoms with Crippen molar-refractivity contribution in [2.45, 2.75) is 0 Å². The second-order valence-corrected chi connectivity index (χ2v) is 3.53. The molecule has 19 heavy (non-hydrogen) atoms. The molecule has 0 radical (unpaired) electrons. The Labute approximate surface area is 104 Å². The van der Waals surface area contributed by atoms with Crippen LogP contribution in [0.5, 0.6) is 5.88 Å². The van der Waals surface area contributed by atoms with Crippen molar-refractivity contribution in [3.8, 4) is 5.88 Å². The Morgan fingerprint density at radius 2 is 1.95 bits per heavy atom. The van der Waals surface area contributed by atoms with Gasteiger partial charge in [-0.05, 0) is 6.07 Å². The molecular weight excluding hydrogens is 256 g/mol. The van der Waals surface area contributed by atoms with Crippen LogP contribution in [-0.4, -0.2) is 26.0 Å². The molecule has 2 aromatic rings. The van der Waals surface area contributed by atoms with Gasteiger partial charge in [0.1, 0.15) is 0 Å². The Kier molecular flexibility index (Phi) is 3.02. The summed E-state index contributed by atoms with van der Waals surface area (Å²) in [4.78, 5) is 51.0. The SMILES string of the molecule is O=C(Nc1cc[nH]c(=O)c1)c1c(O)[nH]c(=O)[nH]c1=O. The van der Waals surface area contributed by atoms with Crippen molar-refractivity contribution in [2.75, 3.05) is 5.32 Å². The van der Waals surface area contributed by atoms with Crippen LogP contribution in [0.25, 0.3) is 0 Å². The third-order valence-corrected chi connectivity index (χ3v) is 2.18. The predicted octanol–water partition coefficient (Wildman–Crippen LogP) is -1.29. The van der Waals surface area contributed by atoms with Crippen LogP contribution < -0.4 is 22.1 Å². The minimum atomic E-state index is -1.04. The molecule has 2 aromatic heterocycles.